The van der Waals surface area contributed by atoms with Crippen molar-refractivity contribution in [2.24, 2.45) is 0 Å². The Bertz CT molecular complexity index is 1070. The van der Waals surface area contributed by atoms with Gasteiger partial charge >= 0.3 is 0 Å². The van der Waals surface area contributed by atoms with Gasteiger partial charge in [0.1, 0.15) is 11.9 Å². The fourth-order valence-corrected chi connectivity index (χ4v) is 4.04. The lowest BCUT2D eigenvalue weighted by Crippen LogP contribution is -2.15. The molecule has 0 radical (unpaired) electrons. The summed E-state index contributed by atoms with van der Waals surface area (Å²) in [6, 6.07) is 32.2. The van der Waals surface area contributed by atoms with Gasteiger partial charge in [-0.15, -0.1) is 0 Å². The van der Waals surface area contributed by atoms with Gasteiger partial charge in [0.25, 0.3) is 0 Å². The van der Waals surface area contributed by atoms with Crippen molar-refractivity contribution in [1.82, 2.24) is 0 Å². The van der Waals surface area contributed by atoms with Gasteiger partial charge in [-0.1, -0.05) is 84.9 Å². The van der Waals surface area contributed by atoms with E-state index in [2.05, 4.69) is 91.0 Å². The van der Waals surface area contributed by atoms with E-state index in [1.165, 1.54) is 33.0 Å². The summed E-state index contributed by atoms with van der Waals surface area (Å²) in [7, 11) is 0. The summed E-state index contributed by atoms with van der Waals surface area (Å²) in [6.07, 6.45) is 2.07. The molecule has 1 nitrogen and oxygen atoms in total. The Morgan fingerprint density at radius 1 is 0.654 bits per heavy atom. The Labute approximate surface area is 153 Å². The maximum atomic E-state index is 6.39. The summed E-state index contributed by atoms with van der Waals surface area (Å²) in [5.74, 6) is 0.995. The molecule has 26 heavy (non-hydrogen) atoms. The Morgan fingerprint density at radius 3 is 2.35 bits per heavy atom. The standard InChI is InChI=1S/C25H20O/c1-2-11-20-18(8-1)9-7-10-19(20)16-17-25-23-13-4-3-12-21(23)22-14-5-6-15-24(22)26-25/h1-15,25H,16-17H2. The Morgan fingerprint density at radius 2 is 1.38 bits per heavy atom. The van der Waals surface area contributed by atoms with Crippen LogP contribution in [-0.4, -0.2) is 0 Å². The molecule has 5 rings (SSSR count). The number of para-hydroxylation sites is 1. The van der Waals surface area contributed by atoms with Gasteiger partial charge < -0.3 is 4.74 Å². The highest BCUT2D eigenvalue weighted by atomic mass is 16.5. The molecular formula is C25H20O. The lowest BCUT2D eigenvalue weighted by molar-refractivity contribution is 0.192. The van der Waals surface area contributed by atoms with E-state index in [0.29, 0.717) is 0 Å². The van der Waals surface area contributed by atoms with Crippen molar-refractivity contribution in [3.05, 3.63) is 102 Å². The summed E-state index contributed by atoms with van der Waals surface area (Å²) in [5, 5.41) is 2.65. The average Bonchev–Trinajstić information content (AvgIpc) is 2.72. The number of benzene rings is 4. The number of aryl methyl sites for hydroxylation is 1. The summed E-state index contributed by atoms with van der Waals surface area (Å²) >= 11 is 0. The van der Waals surface area contributed by atoms with Crippen LogP contribution in [0.25, 0.3) is 21.9 Å². The van der Waals surface area contributed by atoms with Gasteiger partial charge in [-0.25, -0.2) is 0 Å². The molecule has 0 saturated carbocycles. The van der Waals surface area contributed by atoms with Gasteiger partial charge in [0, 0.05) is 11.1 Å². The van der Waals surface area contributed by atoms with Crippen LogP contribution in [0.3, 0.4) is 0 Å². The van der Waals surface area contributed by atoms with Gasteiger partial charge in [0.2, 0.25) is 0 Å². The molecule has 0 N–H and O–H groups in total. The first-order valence-electron chi connectivity index (χ1n) is 9.22. The fraction of sp³-hybridized carbons (Fsp3) is 0.120. The normalized spacial score (nSPS) is 15.2. The molecule has 0 saturated heterocycles. The second-order valence-electron chi connectivity index (χ2n) is 6.87. The first-order chi connectivity index (χ1) is 12.9. The number of hydrogen-bond donors (Lipinski definition) is 0. The molecule has 1 aliphatic heterocycles. The van der Waals surface area contributed by atoms with Crippen molar-refractivity contribution in [2.45, 2.75) is 18.9 Å². The molecule has 0 amide bonds. The van der Waals surface area contributed by atoms with E-state index in [-0.39, 0.29) is 6.10 Å². The van der Waals surface area contributed by atoms with Crippen LogP contribution in [-0.2, 0) is 6.42 Å². The van der Waals surface area contributed by atoms with Crippen molar-refractivity contribution in [3.8, 4) is 16.9 Å². The average molecular weight is 336 g/mol. The van der Waals surface area contributed by atoms with Crippen molar-refractivity contribution in [3.63, 3.8) is 0 Å². The molecular weight excluding hydrogens is 316 g/mol. The lowest BCUT2D eigenvalue weighted by Gasteiger charge is -2.29. The minimum atomic E-state index is 0.0973. The lowest BCUT2D eigenvalue weighted by atomic mass is 9.90. The molecule has 4 aromatic carbocycles. The van der Waals surface area contributed by atoms with E-state index in [0.717, 1.165) is 18.6 Å². The zero-order valence-electron chi connectivity index (χ0n) is 14.6. The first-order valence-corrected chi connectivity index (χ1v) is 9.22. The van der Waals surface area contributed by atoms with E-state index in [1.807, 2.05) is 0 Å². The van der Waals surface area contributed by atoms with Crippen molar-refractivity contribution >= 4 is 10.8 Å². The van der Waals surface area contributed by atoms with Crippen LogP contribution in [0.4, 0.5) is 0 Å². The van der Waals surface area contributed by atoms with Crippen molar-refractivity contribution in [2.75, 3.05) is 0 Å². The zero-order chi connectivity index (χ0) is 17.3. The molecule has 4 aromatic rings. The summed E-state index contributed by atoms with van der Waals surface area (Å²) < 4.78 is 6.39. The number of ether oxygens (including phenoxy) is 1. The quantitative estimate of drug-likeness (QED) is 0.411. The minimum Gasteiger partial charge on any atom is -0.485 e. The molecule has 1 heteroatoms. The topological polar surface area (TPSA) is 9.23 Å². The number of hydrogen-bond acceptors (Lipinski definition) is 1. The van der Waals surface area contributed by atoms with E-state index >= 15 is 0 Å². The van der Waals surface area contributed by atoms with Gasteiger partial charge in [0.05, 0.1) is 0 Å². The molecule has 1 unspecified atom stereocenters. The smallest absolute Gasteiger partial charge is 0.128 e. The highest BCUT2D eigenvalue weighted by Crippen LogP contribution is 2.43. The zero-order valence-corrected chi connectivity index (χ0v) is 14.6. The van der Waals surface area contributed by atoms with Crippen LogP contribution in [0, 0.1) is 0 Å². The van der Waals surface area contributed by atoms with Crippen LogP contribution >= 0.6 is 0 Å². The third-order valence-corrected chi connectivity index (χ3v) is 5.31. The second-order valence-corrected chi connectivity index (χ2v) is 6.87. The molecule has 0 fully saturated rings. The molecule has 1 aliphatic rings. The Kier molecular flexibility index (Phi) is 3.71. The van der Waals surface area contributed by atoms with Crippen molar-refractivity contribution < 1.29 is 4.74 Å². The van der Waals surface area contributed by atoms with Crippen molar-refractivity contribution in [1.29, 1.82) is 0 Å². The van der Waals surface area contributed by atoms with Gasteiger partial charge in [-0.05, 0) is 40.8 Å². The third kappa shape index (κ3) is 2.57. The Balaban J connectivity index is 1.48. The molecule has 0 spiro atoms. The van der Waals surface area contributed by atoms with Crippen LogP contribution in [0.1, 0.15) is 23.7 Å². The van der Waals surface area contributed by atoms with Gasteiger partial charge in [-0.3, -0.25) is 0 Å². The largest absolute Gasteiger partial charge is 0.485 e. The summed E-state index contributed by atoms with van der Waals surface area (Å²) in [6.45, 7) is 0. The molecule has 1 heterocycles. The first kappa shape index (κ1) is 15.2. The molecule has 0 aliphatic carbocycles. The highest BCUT2D eigenvalue weighted by Gasteiger charge is 2.25. The van der Waals surface area contributed by atoms with Crippen LogP contribution in [0.15, 0.2) is 91.0 Å². The SMILES string of the molecule is c1ccc2c(c1)OC(CCc1cccc3ccccc13)c1ccccc1-2. The van der Waals surface area contributed by atoms with Crippen LogP contribution < -0.4 is 4.74 Å². The predicted molar refractivity (Wildman–Crippen MR) is 108 cm³/mol. The molecule has 126 valence electrons. The molecule has 1 atom stereocenters. The monoisotopic (exact) mass is 336 g/mol. The van der Waals surface area contributed by atoms with Crippen LogP contribution in [0.5, 0.6) is 5.75 Å². The number of fused-ring (bicyclic) bond motifs is 4. The predicted octanol–water partition coefficient (Wildman–Crippen LogP) is 6.57. The van der Waals surface area contributed by atoms with E-state index in [4.69, 9.17) is 4.74 Å². The van der Waals surface area contributed by atoms with Crippen LogP contribution in [0.2, 0.25) is 0 Å². The minimum absolute atomic E-state index is 0.0973. The molecule has 0 bridgehead atoms. The molecule has 0 aromatic heterocycles. The summed E-state index contributed by atoms with van der Waals surface area (Å²) in [4.78, 5) is 0. The van der Waals surface area contributed by atoms with E-state index in [1.54, 1.807) is 0 Å². The summed E-state index contributed by atoms with van der Waals surface area (Å²) in [5.41, 5.74) is 5.19. The second kappa shape index (κ2) is 6.34. The number of rotatable bonds is 3. The van der Waals surface area contributed by atoms with Gasteiger partial charge in [-0.2, -0.15) is 0 Å². The fourth-order valence-electron chi connectivity index (χ4n) is 4.04. The Hall–Kier alpha value is -3.06. The van der Waals surface area contributed by atoms with E-state index < -0.39 is 0 Å². The van der Waals surface area contributed by atoms with E-state index in [9.17, 15) is 0 Å². The third-order valence-electron chi connectivity index (χ3n) is 5.31. The maximum absolute atomic E-state index is 6.39. The maximum Gasteiger partial charge on any atom is 0.128 e. The van der Waals surface area contributed by atoms with Gasteiger partial charge in [0.15, 0.2) is 0 Å². The highest BCUT2D eigenvalue weighted by molar-refractivity contribution is 5.85.